The predicted octanol–water partition coefficient (Wildman–Crippen LogP) is 3.98. The first-order valence-corrected chi connectivity index (χ1v) is 6.90. The van der Waals surface area contributed by atoms with Crippen LogP contribution >= 0.6 is 0 Å². The van der Waals surface area contributed by atoms with Gasteiger partial charge in [0, 0.05) is 13.5 Å². The van der Waals surface area contributed by atoms with Gasteiger partial charge in [0.2, 0.25) is 0 Å². The van der Waals surface area contributed by atoms with E-state index in [1.165, 1.54) is 5.56 Å². The van der Waals surface area contributed by atoms with Crippen LogP contribution in [0.15, 0.2) is 24.3 Å². The van der Waals surface area contributed by atoms with Crippen LogP contribution in [0.2, 0.25) is 0 Å². The summed E-state index contributed by atoms with van der Waals surface area (Å²) in [6.45, 7) is 10.4. The zero-order valence-electron chi connectivity index (χ0n) is 13.0. The zero-order chi connectivity index (χ0) is 14.6. The van der Waals surface area contributed by atoms with Crippen molar-refractivity contribution in [2.24, 2.45) is 5.41 Å². The normalized spacial score (nSPS) is 13.6. The third kappa shape index (κ3) is 4.46. The summed E-state index contributed by atoms with van der Waals surface area (Å²) < 4.78 is 5.36. The number of rotatable bonds is 5. The van der Waals surface area contributed by atoms with Crippen molar-refractivity contribution in [1.82, 2.24) is 0 Å². The highest BCUT2D eigenvalue weighted by Crippen LogP contribution is 2.24. The molecule has 0 saturated carbocycles. The SMILES string of the molecule is COC(C(=O)Cc1ccc(C(C)C)cc1)C(C)(C)C. The minimum Gasteiger partial charge on any atom is -0.373 e. The average molecular weight is 262 g/mol. The molecule has 0 spiro atoms. The lowest BCUT2D eigenvalue weighted by Crippen LogP contribution is -2.37. The van der Waals surface area contributed by atoms with Crippen molar-refractivity contribution in [3.63, 3.8) is 0 Å². The summed E-state index contributed by atoms with van der Waals surface area (Å²) in [6.07, 6.45) is 0.0889. The Morgan fingerprint density at radius 2 is 1.68 bits per heavy atom. The zero-order valence-corrected chi connectivity index (χ0v) is 13.0. The maximum Gasteiger partial charge on any atom is 0.166 e. The van der Waals surface area contributed by atoms with E-state index in [4.69, 9.17) is 4.74 Å². The molecule has 0 fully saturated rings. The molecule has 1 unspecified atom stereocenters. The Bertz CT molecular complexity index is 410. The maximum absolute atomic E-state index is 12.3. The fraction of sp³-hybridized carbons (Fsp3) is 0.588. The molecule has 106 valence electrons. The van der Waals surface area contributed by atoms with E-state index in [1.54, 1.807) is 7.11 Å². The lowest BCUT2D eigenvalue weighted by Gasteiger charge is -2.28. The van der Waals surface area contributed by atoms with E-state index >= 15 is 0 Å². The van der Waals surface area contributed by atoms with Gasteiger partial charge in [0.25, 0.3) is 0 Å². The van der Waals surface area contributed by atoms with Crippen LogP contribution in [0.3, 0.4) is 0 Å². The molecular weight excluding hydrogens is 236 g/mol. The Morgan fingerprint density at radius 3 is 2.05 bits per heavy atom. The van der Waals surface area contributed by atoms with Gasteiger partial charge in [-0.05, 0) is 22.5 Å². The van der Waals surface area contributed by atoms with Crippen LogP contribution in [0.1, 0.15) is 51.7 Å². The third-order valence-corrected chi connectivity index (χ3v) is 3.34. The summed E-state index contributed by atoms with van der Waals surface area (Å²) >= 11 is 0. The quantitative estimate of drug-likeness (QED) is 0.802. The first kappa shape index (κ1) is 15.9. The average Bonchev–Trinajstić information content (AvgIpc) is 2.28. The van der Waals surface area contributed by atoms with Gasteiger partial charge in [0.1, 0.15) is 6.10 Å². The number of benzene rings is 1. The van der Waals surface area contributed by atoms with Crippen LogP contribution in [-0.4, -0.2) is 19.0 Å². The molecule has 1 aromatic carbocycles. The number of hydrogen-bond donors (Lipinski definition) is 0. The van der Waals surface area contributed by atoms with Crippen LogP contribution in [-0.2, 0) is 16.0 Å². The van der Waals surface area contributed by atoms with Gasteiger partial charge in [-0.3, -0.25) is 4.79 Å². The topological polar surface area (TPSA) is 26.3 Å². The van der Waals surface area contributed by atoms with E-state index in [9.17, 15) is 4.79 Å². The molecule has 0 amide bonds. The van der Waals surface area contributed by atoms with Gasteiger partial charge in [-0.1, -0.05) is 58.9 Å². The molecule has 0 bridgehead atoms. The van der Waals surface area contributed by atoms with Gasteiger partial charge in [0.15, 0.2) is 5.78 Å². The fourth-order valence-corrected chi connectivity index (χ4v) is 2.28. The van der Waals surface area contributed by atoms with E-state index in [1.807, 2.05) is 32.9 Å². The number of Topliss-reactive ketones (excluding diaryl/α,β-unsaturated/α-hetero) is 1. The minimum absolute atomic E-state index is 0.146. The highest BCUT2D eigenvalue weighted by Gasteiger charge is 2.30. The van der Waals surface area contributed by atoms with Gasteiger partial charge in [-0.2, -0.15) is 0 Å². The molecule has 0 N–H and O–H groups in total. The molecule has 19 heavy (non-hydrogen) atoms. The van der Waals surface area contributed by atoms with Gasteiger partial charge in [0.05, 0.1) is 0 Å². The van der Waals surface area contributed by atoms with Crippen LogP contribution in [0.25, 0.3) is 0 Å². The minimum atomic E-state index is -0.350. The van der Waals surface area contributed by atoms with E-state index in [0.29, 0.717) is 12.3 Å². The monoisotopic (exact) mass is 262 g/mol. The van der Waals surface area contributed by atoms with E-state index in [2.05, 4.69) is 26.0 Å². The number of carbonyl (C=O) groups is 1. The molecular formula is C17H26O2. The molecule has 0 saturated heterocycles. The van der Waals surface area contributed by atoms with Crippen molar-refractivity contribution in [3.05, 3.63) is 35.4 Å². The van der Waals surface area contributed by atoms with Gasteiger partial charge < -0.3 is 4.74 Å². The van der Waals surface area contributed by atoms with Crippen molar-refractivity contribution in [1.29, 1.82) is 0 Å². The Balaban J connectivity index is 2.76. The van der Waals surface area contributed by atoms with Crippen molar-refractivity contribution in [3.8, 4) is 0 Å². The second-order valence-electron chi connectivity index (χ2n) is 6.52. The first-order valence-electron chi connectivity index (χ1n) is 6.90. The molecule has 2 heteroatoms. The highest BCUT2D eigenvalue weighted by atomic mass is 16.5. The Kier molecular flexibility index (Phi) is 5.30. The van der Waals surface area contributed by atoms with Crippen LogP contribution in [0.5, 0.6) is 0 Å². The summed E-state index contributed by atoms with van der Waals surface area (Å²) in [7, 11) is 1.61. The molecule has 0 heterocycles. The second-order valence-corrected chi connectivity index (χ2v) is 6.52. The van der Waals surface area contributed by atoms with Crippen molar-refractivity contribution < 1.29 is 9.53 Å². The molecule has 0 radical (unpaired) electrons. The summed E-state index contributed by atoms with van der Waals surface area (Å²) in [5.74, 6) is 0.665. The molecule has 2 nitrogen and oxygen atoms in total. The summed E-state index contributed by atoms with van der Waals surface area (Å²) in [4.78, 5) is 12.3. The van der Waals surface area contributed by atoms with Gasteiger partial charge in [-0.15, -0.1) is 0 Å². The van der Waals surface area contributed by atoms with E-state index < -0.39 is 0 Å². The fourth-order valence-electron chi connectivity index (χ4n) is 2.28. The molecule has 1 atom stereocenters. The number of ether oxygens (including phenoxy) is 1. The first-order chi connectivity index (χ1) is 8.75. The van der Waals surface area contributed by atoms with Gasteiger partial charge in [-0.25, -0.2) is 0 Å². The Labute approximate surface area is 117 Å². The van der Waals surface area contributed by atoms with Crippen molar-refractivity contribution in [2.45, 2.75) is 53.1 Å². The number of hydrogen-bond acceptors (Lipinski definition) is 2. The van der Waals surface area contributed by atoms with Gasteiger partial charge >= 0.3 is 0 Å². The smallest absolute Gasteiger partial charge is 0.166 e. The van der Waals surface area contributed by atoms with E-state index in [-0.39, 0.29) is 17.3 Å². The van der Waals surface area contributed by atoms with Crippen LogP contribution in [0, 0.1) is 5.41 Å². The number of methoxy groups -OCH3 is 1. The second kappa shape index (κ2) is 6.33. The van der Waals surface area contributed by atoms with Crippen LogP contribution in [0.4, 0.5) is 0 Å². The summed E-state index contributed by atoms with van der Waals surface area (Å²) in [5.41, 5.74) is 2.19. The predicted molar refractivity (Wildman–Crippen MR) is 79.5 cm³/mol. The molecule has 0 aliphatic heterocycles. The lowest BCUT2D eigenvalue weighted by molar-refractivity contribution is -0.134. The number of carbonyl (C=O) groups excluding carboxylic acids is 1. The third-order valence-electron chi connectivity index (χ3n) is 3.34. The maximum atomic E-state index is 12.3. The summed E-state index contributed by atoms with van der Waals surface area (Å²) in [6, 6.07) is 8.30. The van der Waals surface area contributed by atoms with Crippen molar-refractivity contribution in [2.75, 3.05) is 7.11 Å². The molecule has 0 aromatic heterocycles. The lowest BCUT2D eigenvalue weighted by atomic mass is 9.84. The standard InChI is InChI=1S/C17H26O2/c1-12(2)14-9-7-13(8-10-14)11-15(18)16(19-6)17(3,4)5/h7-10,12,16H,11H2,1-6H3. The Hall–Kier alpha value is -1.15. The highest BCUT2D eigenvalue weighted by molar-refractivity contribution is 5.85. The number of ketones is 1. The Morgan fingerprint density at radius 1 is 1.16 bits per heavy atom. The largest absolute Gasteiger partial charge is 0.373 e. The van der Waals surface area contributed by atoms with Crippen molar-refractivity contribution >= 4 is 5.78 Å². The molecule has 1 aromatic rings. The van der Waals surface area contributed by atoms with Crippen LogP contribution < -0.4 is 0 Å². The van der Waals surface area contributed by atoms with E-state index in [0.717, 1.165) is 5.56 Å². The summed E-state index contributed by atoms with van der Waals surface area (Å²) in [5, 5.41) is 0. The molecule has 0 aliphatic carbocycles. The molecule has 1 rings (SSSR count). The molecule has 0 aliphatic rings.